The van der Waals surface area contributed by atoms with E-state index in [2.05, 4.69) is 0 Å². The zero-order valence-corrected chi connectivity index (χ0v) is 9.80. The predicted molar refractivity (Wildman–Crippen MR) is 70.6 cm³/mol. The summed E-state index contributed by atoms with van der Waals surface area (Å²) in [7, 11) is 0. The van der Waals surface area contributed by atoms with Gasteiger partial charge < -0.3 is 4.74 Å². The number of hydrogen-bond acceptors (Lipinski definition) is 2. The standard InChI is InChI=1S/C16H12O2/c17-16-11-14-9-5-4-8-13(14)10-15(18-16)12-6-2-1-3-7-12/h1-10H,11H2. The molecule has 1 aliphatic rings. The second-order valence-corrected chi connectivity index (χ2v) is 4.22. The van der Waals surface area contributed by atoms with Crippen LogP contribution in [0.1, 0.15) is 16.7 Å². The van der Waals surface area contributed by atoms with Gasteiger partial charge in [0.05, 0.1) is 6.42 Å². The van der Waals surface area contributed by atoms with E-state index in [1.807, 2.05) is 60.7 Å². The quantitative estimate of drug-likeness (QED) is 0.710. The van der Waals surface area contributed by atoms with Crippen molar-refractivity contribution in [3.63, 3.8) is 0 Å². The Bertz CT molecular complexity index is 612. The van der Waals surface area contributed by atoms with Crippen LogP contribution in [0.4, 0.5) is 0 Å². The van der Waals surface area contributed by atoms with Crippen molar-refractivity contribution in [1.29, 1.82) is 0 Å². The van der Waals surface area contributed by atoms with Gasteiger partial charge in [-0.05, 0) is 17.2 Å². The Morgan fingerprint density at radius 3 is 2.44 bits per heavy atom. The summed E-state index contributed by atoms with van der Waals surface area (Å²) in [6.07, 6.45) is 2.25. The Kier molecular flexibility index (Phi) is 2.69. The van der Waals surface area contributed by atoms with Crippen LogP contribution < -0.4 is 0 Å². The third kappa shape index (κ3) is 2.05. The SMILES string of the molecule is O=C1Cc2ccccc2C=C(c2ccccc2)O1. The first-order valence-corrected chi connectivity index (χ1v) is 5.88. The Morgan fingerprint density at radius 1 is 0.889 bits per heavy atom. The van der Waals surface area contributed by atoms with Gasteiger partial charge in [-0.1, -0.05) is 54.6 Å². The van der Waals surface area contributed by atoms with Crippen LogP contribution in [0.15, 0.2) is 54.6 Å². The van der Waals surface area contributed by atoms with E-state index >= 15 is 0 Å². The van der Waals surface area contributed by atoms with E-state index in [1.54, 1.807) is 0 Å². The van der Waals surface area contributed by atoms with Crippen LogP contribution in [0.3, 0.4) is 0 Å². The molecule has 1 aliphatic heterocycles. The fourth-order valence-corrected chi connectivity index (χ4v) is 2.07. The van der Waals surface area contributed by atoms with Crippen molar-refractivity contribution in [1.82, 2.24) is 0 Å². The lowest BCUT2D eigenvalue weighted by Crippen LogP contribution is -2.05. The van der Waals surface area contributed by atoms with Crippen LogP contribution in [0.2, 0.25) is 0 Å². The molecule has 88 valence electrons. The van der Waals surface area contributed by atoms with E-state index in [0.717, 1.165) is 16.7 Å². The Balaban J connectivity index is 2.11. The molecule has 0 radical (unpaired) electrons. The van der Waals surface area contributed by atoms with E-state index in [9.17, 15) is 4.79 Å². The predicted octanol–water partition coefficient (Wildman–Crippen LogP) is 3.28. The number of esters is 1. The summed E-state index contributed by atoms with van der Waals surface area (Å²) >= 11 is 0. The molecule has 0 aromatic heterocycles. The van der Waals surface area contributed by atoms with Crippen molar-refractivity contribution < 1.29 is 9.53 Å². The van der Waals surface area contributed by atoms with Crippen molar-refractivity contribution in [3.05, 3.63) is 71.3 Å². The lowest BCUT2D eigenvalue weighted by Gasteiger charge is -2.05. The van der Waals surface area contributed by atoms with E-state index in [-0.39, 0.29) is 5.97 Å². The van der Waals surface area contributed by atoms with Gasteiger partial charge in [0, 0.05) is 5.56 Å². The first-order chi connectivity index (χ1) is 8.83. The molecule has 0 bridgehead atoms. The topological polar surface area (TPSA) is 26.3 Å². The minimum atomic E-state index is -0.213. The van der Waals surface area contributed by atoms with Crippen molar-refractivity contribution >= 4 is 17.8 Å². The maximum absolute atomic E-state index is 11.8. The van der Waals surface area contributed by atoms with Crippen LogP contribution >= 0.6 is 0 Å². The first-order valence-electron chi connectivity index (χ1n) is 5.88. The molecule has 0 amide bonds. The maximum Gasteiger partial charge on any atom is 0.315 e. The van der Waals surface area contributed by atoms with E-state index in [0.29, 0.717) is 12.2 Å². The third-order valence-corrected chi connectivity index (χ3v) is 2.96. The van der Waals surface area contributed by atoms with Gasteiger partial charge in [0.15, 0.2) is 0 Å². The summed E-state index contributed by atoms with van der Waals surface area (Å²) in [6.45, 7) is 0. The Hall–Kier alpha value is -2.35. The van der Waals surface area contributed by atoms with Gasteiger partial charge >= 0.3 is 5.97 Å². The lowest BCUT2D eigenvalue weighted by atomic mass is 10.0. The van der Waals surface area contributed by atoms with Crippen LogP contribution in [0.5, 0.6) is 0 Å². The van der Waals surface area contributed by atoms with Gasteiger partial charge in [0.1, 0.15) is 5.76 Å². The number of hydrogen-bond donors (Lipinski definition) is 0. The Labute approximate surface area is 106 Å². The first kappa shape index (κ1) is 10.8. The summed E-state index contributed by atoms with van der Waals surface area (Å²) in [4.78, 5) is 11.8. The Morgan fingerprint density at radius 2 is 1.61 bits per heavy atom. The number of rotatable bonds is 1. The number of ether oxygens (including phenoxy) is 1. The largest absolute Gasteiger partial charge is 0.426 e. The molecule has 1 heterocycles. The highest BCUT2D eigenvalue weighted by atomic mass is 16.5. The molecule has 0 saturated carbocycles. The minimum absolute atomic E-state index is 0.213. The normalized spacial score (nSPS) is 14.2. The number of fused-ring (bicyclic) bond motifs is 1. The average Bonchev–Trinajstić information content (AvgIpc) is 2.57. The maximum atomic E-state index is 11.8. The number of cyclic esters (lactones) is 1. The fourth-order valence-electron chi connectivity index (χ4n) is 2.07. The molecule has 0 fully saturated rings. The van der Waals surface area contributed by atoms with Gasteiger partial charge in [0.2, 0.25) is 0 Å². The number of carbonyl (C=O) groups excluding carboxylic acids is 1. The minimum Gasteiger partial charge on any atom is -0.426 e. The van der Waals surface area contributed by atoms with Gasteiger partial charge in [0.25, 0.3) is 0 Å². The molecular formula is C16H12O2. The summed E-state index contributed by atoms with van der Waals surface area (Å²) in [6, 6.07) is 17.5. The molecule has 2 aromatic carbocycles. The molecule has 0 N–H and O–H groups in total. The molecule has 2 heteroatoms. The molecule has 0 aliphatic carbocycles. The van der Waals surface area contributed by atoms with Gasteiger partial charge in [-0.3, -0.25) is 4.79 Å². The van der Waals surface area contributed by atoms with Crippen LogP contribution in [0.25, 0.3) is 11.8 Å². The second kappa shape index (κ2) is 4.49. The zero-order chi connectivity index (χ0) is 12.4. The highest BCUT2D eigenvalue weighted by Gasteiger charge is 2.16. The van der Waals surface area contributed by atoms with Crippen molar-refractivity contribution in [2.24, 2.45) is 0 Å². The monoisotopic (exact) mass is 236 g/mol. The van der Waals surface area contributed by atoms with Crippen LogP contribution in [0, 0.1) is 0 Å². The van der Waals surface area contributed by atoms with Gasteiger partial charge in [-0.15, -0.1) is 0 Å². The molecular weight excluding hydrogens is 224 g/mol. The summed E-state index contributed by atoms with van der Waals surface area (Å²) in [5.41, 5.74) is 2.97. The van der Waals surface area contributed by atoms with Crippen LogP contribution in [-0.4, -0.2) is 5.97 Å². The number of benzene rings is 2. The zero-order valence-electron chi connectivity index (χ0n) is 9.80. The smallest absolute Gasteiger partial charge is 0.315 e. The molecule has 2 aromatic rings. The van der Waals surface area contributed by atoms with Crippen molar-refractivity contribution in [2.45, 2.75) is 6.42 Å². The van der Waals surface area contributed by atoms with E-state index in [1.165, 1.54) is 0 Å². The fraction of sp³-hybridized carbons (Fsp3) is 0.0625. The third-order valence-electron chi connectivity index (χ3n) is 2.96. The summed E-state index contributed by atoms with van der Waals surface area (Å²) in [5, 5.41) is 0. The molecule has 18 heavy (non-hydrogen) atoms. The second-order valence-electron chi connectivity index (χ2n) is 4.22. The molecule has 0 spiro atoms. The molecule has 0 saturated heterocycles. The van der Waals surface area contributed by atoms with Crippen LogP contribution in [-0.2, 0) is 16.0 Å². The average molecular weight is 236 g/mol. The summed E-state index contributed by atoms with van der Waals surface area (Å²) < 4.78 is 5.40. The van der Waals surface area contributed by atoms with Gasteiger partial charge in [-0.25, -0.2) is 0 Å². The highest BCUT2D eigenvalue weighted by Crippen LogP contribution is 2.25. The molecule has 0 unspecified atom stereocenters. The molecule has 2 nitrogen and oxygen atoms in total. The summed E-state index contributed by atoms with van der Waals surface area (Å²) in [5.74, 6) is 0.403. The van der Waals surface area contributed by atoms with Crippen molar-refractivity contribution in [2.75, 3.05) is 0 Å². The molecule has 3 rings (SSSR count). The van der Waals surface area contributed by atoms with Gasteiger partial charge in [-0.2, -0.15) is 0 Å². The number of carbonyl (C=O) groups is 1. The van der Waals surface area contributed by atoms with E-state index < -0.39 is 0 Å². The highest BCUT2D eigenvalue weighted by molar-refractivity contribution is 5.90. The lowest BCUT2D eigenvalue weighted by molar-refractivity contribution is -0.135. The molecule has 0 atom stereocenters. The van der Waals surface area contributed by atoms with E-state index in [4.69, 9.17) is 4.74 Å². The van der Waals surface area contributed by atoms with Crippen molar-refractivity contribution in [3.8, 4) is 0 Å².